The summed E-state index contributed by atoms with van der Waals surface area (Å²) in [6, 6.07) is 11.3. The molecule has 3 amide bonds. The van der Waals surface area contributed by atoms with Crippen LogP contribution in [0.4, 0.5) is 20.6 Å². The number of carbonyl (C=O) groups excluding carboxylic acids is 3. The van der Waals surface area contributed by atoms with Crippen LogP contribution in [0.15, 0.2) is 53.4 Å². The SMILES string of the molecule is CCN1c2ccc(/C=C3/SC(=O)N(CC(=O)Nc4ccc(F)cc4)C3=O)cc2C(C)=CC1(C)C. The van der Waals surface area contributed by atoms with Crippen LogP contribution in [0.5, 0.6) is 0 Å². The highest BCUT2D eigenvalue weighted by Crippen LogP contribution is 2.40. The van der Waals surface area contributed by atoms with Gasteiger partial charge in [0, 0.05) is 23.5 Å². The van der Waals surface area contributed by atoms with Crippen LogP contribution in [0.1, 0.15) is 38.8 Å². The molecule has 1 fully saturated rings. The second-order valence-corrected chi connectivity index (χ2v) is 9.82. The van der Waals surface area contributed by atoms with E-state index in [1.807, 2.05) is 18.2 Å². The normalized spacial score (nSPS) is 18.3. The van der Waals surface area contributed by atoms with E-state index in [0.29, 0.717) is 5.69 Å². The van der Waals surface area contributed by atoms with Crippen molar-refractivity contribution in [2.24, 2.45) is 0 Å². The van der Waals surface area contributed by atoms with Gasteiger partial charge in [-0.25, -0.2) is 4.39 Å². The van der Waals surface area contributed by atoms with Crippen LogP contribution in [-0.4, -0.2) is 40.6 Å². The maximum atomic E-state index is 13.0. The Bertz CT molecular complexity index is 1230. The number of hydrogen-bond donors (Lipinski definition) is 1. The Balaban J connectivity index is 1.52. The summed E-state index contributed by atoms with van der Waals surface area (Å²) in [5.74, 6) is -1.47. The second-order valence-electron chi connectivity index (χ2n) is 8.82. The van der Waals surface area contributed by atoms with Crippen molar-refractivity contribution >= 4 is 51.8 Å². The number of nitrogens with zero attached hydrogens (tertiary/aromatic N) is 2. The maximum absolute atomic E-state index is 13.0. The van der Waals surface area contributed by atoms with E-state index in [-0.39, 0.29) is 10.4 Å². The van der Waals surface area contributed by atoms with Crippen molar-refractivity contribution in [1.29, 1.82) is 0 Å². The number of imide groups is 1. The van der Waals surface area contributed by atoms with Crippen LogP contribution in [0.2, 0.25) is 0 Å². The summed E-state index contributed by atoms with van der Waals surface area (Å²) < 4.78 is 13.0. The minimum absolute atomic E-state index is 0.0928. The fourth-order valence-electron chi connectivity index (χ4n) is 4.43. The smallest absolute Gasteiger partial charge is 0.294 e. The van der Waals surface area contributed by atoms with Crippen LogP contribution in [0.25, 0.3) is 11.6 Å². The number of amides is 3. The summed E-state index contributed by atoms with van der Waals surface area (Å²) in [6.07, 6.45) is 3.92. The molecule has 34 heavy (non-hydrogen) atoms. The summed E-state index contributed by atoms with van der Waals surface area (Å²) in [4.78, 5) is 41.1. The molecule has 2 aliphatic rings. The molecule has 0 atom stereocenters. The van der Waals surface area contributed by atoms with E-state index in [1.54, 1.807) is 6.08 Å². The lowest BCUT2D eigenvalue weighted by Crippen LogP contribution is -2.44. The average molecular weight is 480 g/mol. The summed E-state index contributed by atoms with van der Waals surface area (Å²) in [7, 11) is 0. The molecule has 4 rings (SSSR count). The molecule has 0 aliphatic carbocycles. The van der Waals surface area contributed by atoms with Crippen LogP contribution >= 0.6 is 11.8 Å². The highest BCUT2D eigenvalue weighted by molar-refractivity contribution is 8.18. The maximum Gasteiger partial charge on any atom is 0.294 e. The van der Waals surface area contributed by atoms with Gasteiger partial charge in [-0.1, -0.05) is 12.1 Å². The molecule has 0 saturated carbocycles. The number of hydrogen-bond acceptors (Lipinski definition) is 5. The fourth-order valence-corrected chi connectivity index (χ4v) is 5.27. The number of likely N-dealkylation sites (N-methyl/N-ethyl adjacent to an activating group) is 1. The molecule has 0 bridgehead atoms. The van der Waals surface area contributed by atoms with Crippen molar-refractivity contribution in [2.75, 3.05) is 23.3 Å². The first-order valence-electron chi connectivity index (χ1n) is 11.0. The first-order valence-corrected chi connectivity index (χ1v) is 11.8. The highest BCUT2D eigenvalue weighted by Gasteiger charge is 2.36. The first-order chi connectivity index (χ1) is 16.1. The van der Waals surface area contributed by atoms with Gasteiger partial charge in [-0.2, -0.15) is 0 Å². The van der Waals surface area contributed by atoms with E-state index in [1.165, 1.54) is 24.3 Å². The molecule has 6 nitrogen and oxygen atoms in total. The van der Waals surface area contributed by atoms with Gasteiger partial charge in [0.15, 0.2) is 0 Å². The first kappa shape index (κ1) is 23.8. The lowest BCUT2D eigenvalue weighted by atomic mass is 9.88. The predicted octanol–water partition coefficient (Wildman–Crippen LogP) is 5.52. The van der Waals surface area contributed by atoms with Gasteiger partial charge in [-0.3, -0.25) is 19.3 Å². The summed E-state index contributed by atoms with van der Waals surface area (Å²) >= 11 is 0.814. The molecular weight excluding hydrogens is 453 g/mol. The third kappa shape index (κ3) is 4.63. The minimum atomic E-state index is -0.535. The van der Waals surface area contributed by atoms with Crippen molar-refractivity contribution < 1.29 is 18.8 Å². The Kier molecular flexibility index (Phi) is 6.36. The number of allylic oxidation sites excluding steroid dienone is 1. The Labute approximate surface area is 202 Å². The number of fused-ring (bicyclic) bond motifs is 1. The van der Waals surface area contributed by atoms with Crippen molar-refractivity contribution in [1.82, 2.24) is 4.90 Å². The molecule has 2 aromatic rings. The van der Waals surface area contributed by atoms with Crippen molar-refractivity contribution in [2.45, 2.75) is 33.2 Å². The largest absolute Gasteiger partial charge is 0.363 e. The fraction of sp³-hybridized carbons (Fsp3) is 0.269. The Morgan fingerprint density at radius 3 is 2.53 bits per heavy atom. The molecule has 1 saturated heterocycles. The minimum Gasteiger partial charge on any atom is -0.363 e. The number of carbonyl (C=O) groups is 3. The molecule has 1 N–H and O–H groups in total. The molecule has 2 heterocycles. The standard InChI is InChI=1S/C26H26FN3O3S/c1-5-30-21-11-6-17(12-20(21)16(2)14-26(30,3)4)13-22-24(32)29(25(33)34-22)15-23(31)28-19-9-7-18(27)8-10-19/h6-14H,5,15H2,1-4H3,(H,28,31)/b22-13+. The third-order valence-corrected chi connectivity index (χ3v) is 6.83. The van der Waals surface area contributed by atoms with Crippen molar-refractivity contribution in [3.05, 3.63) is 70.4 Å². The van der Waals surface area contributed by atoms with Gasteiger partial charge in [-0.15, -0.1) is 0 Å². The van der Waals surface area contributed by atoms with E-state index in [9.17, 15) is 18.8 Å². The molecule has 0 spiro atoms. The number of nitrogens with one attached hydrogen (secondary N) is 1. The van der Waals surface area contributed by atoms with Gasteiger partial charge in [0.2, 0.25) is 5.91 Å². The van der Waals surface area contributed by atoms with E-state index in [2.05, 4.69) is 44.0 Å². The van der Waals surface area contributed by atoms with E-state index in [4.69, 9.17) is 0 Å². The summed E-state index contributed by atoms with van der Waals surface area (Å²) in [6.45, 7) is 9.01. The zero-order chi connectivity index (χ0) is 24.6. The summed E-state index contributed by atoms with van der Waals surface area (Å²) in [5, 5.41) is 2.06. The average Bonchev–Trinajstić information content (AvgIpc) is 3.02. The number of anilines is 2. The van der Waals surface area contributed by atoms with Gasteiger partial charge in [0.1, 0.15) is 12.4 Å². The molecule has 8 heteroatoms. The molecule has 0 radical (unpaired) electrons. The van der Waals surface area contributed by atoms with E-state index < -0.39 is 29.4 Å². The monoisotopic (exact) mass is 479 g/mol. The van der Waals surface area contributed by atoms with Gasteiger partial charge in [0.05, 0.1) is 10.4 Å². The number of rotatable bonds is 5. The van der Waals surface area contributed by atoms with Gasteiger partial charge in [0.25, 0.3) is 11.1 Å². The predicted molar refractivity (Wildman–Crippen MR) is 135 cm³/mol. The van der Waals surface area contributed by atoms with Crippen LogP contribution in [-0.2, 0) is 9.59 Å². The molecule has 0 aromatic heterocycles. The molecule has 0 unspecified atom stereocenters. The van der Waals surface area contributed by atoms with Gasteiger partial charge < -0.3 is 10.2 Å². The van der Waals surface area contributed by atoms with Gasteiger partial charge >= 0.3 is 0 Å². The Morgan fingerprint density at radius 1 is 1.15 bits per heavy atom. The van der Waals surface area contributed by atoms with Crippen LogP contribution in [0.3, 0.4) is 0 Å². The number of halogens is 1. The quantitative estimate of drug-likeness (QED) is 0.572. The number of benzene rings is 2. The van der Waals surface area contributed by atoms with Crippen molar-refractivity contribution in [3.63, 3.8) is 0 Å². The van der Waals surface area contributed by atoms with E-state index >= 15 is 0 Å². The molecular formula is C26H26FN3O3S. The van der Waals surface area contributed by atoms with Gasteiger partial charge in [-0.05, 0) is 93.1 Å². The topological polar surface area (TPSA) is 69.7 Å². The van der Waals surface area contributed by atoms with Crippen molar-refractivity contribution in [3.8, 4) is 0 Å². The molecule has 2 aromatic carbocycles. The van der Waals surface area contributed by atoms with E-state index in [0.717, 1.165) is 45.6 Å². The third-order valence-electron chi connectivity index (χ3n) is 5.92. The Hall–Kier alpha value is -3.39. The lowest BCUT2D eigenvalue weighted by molar-refractivity contribution is -0.127. The van der Waals surface area contributed by atoms with Crippen LogP contribution < -0.4 is 10.2 Å². The lowest BCUT2D eigenvalue weighted by Gasteiger charge is -2.42. The molecule has 176 valence electrons. The Morgan fingerprint density at radius 2 is 1.85 bits per heavy atom. The molecule has 2 aliphatic heterocycles. The second kappa shape index (κ2) is 9.10. The summed E-state index contributed by atoms with van der Waals surface area (Å²) in [5.41, 5.74) is 4.48. The zero-order valence-corrected chi connectivity index (χ0v) is 20.3. The highest BCUT2D eigenvalue weighted by atomic mass is 32.2. The van der Waals surface area contributed by atoms with Crippen LogP contribution in [0, 0.1) is 5.82 Å². The zero-order valence-electron chi connectivity index (χ0n) is 19.5. The number of thioether (sulfide) groups is 1.